The van der Waals surface area contributed by atoms with Crippen LogP contribution in [0, 0.1) is 17.2 Å². The summed E-state index contributed by atoms with van der Waals surface area (Å²) in [7, 11) is 0. The highest BCUT2D eigenvalue weighted by Gasteiger charge is 2.27. The van der Waals surface area contributed by atoms with Gasteiger partial charge in [0.25, 0.3) is 0 Å². The highest BCUT2D eigenvalue weighted by molar-refractivity contribution is 5.88. The summed E-state index contributed by atoms with van der Waals surface area (Å²) in [6.45, 7) is 8.62. The molecular formula is C17H24FNO2. The lowest BCUT2D eigenvalue weighted by atomic mass is 9.77. The van der Waals surface area contributed by atoms with Gasteiger partial charge in [-0.05, 0) is 48.8 Å². The van der Waals surface area contributed by atoms with Crippen molar-refractivity contribution in [3.8, 4) is 0 Å². The van der Waals surface area contributed by atoms with Crippen LogP contribution in [0.4, 0.5) is 10.1 Å². The van der Waals surface area contributed by atoms with E-state index >= 15 is 0 Å². The molecule has 4 heteroatoms. The Morgan fingerprint density at radius 3 is 2.57 bits per heavy atom. The van der Waals surface area contributed by atoms with Gasteiger partial charge in [0.15, 0.2) is 0 Å². The van der Waals surface area contributed by atoms with E-state index in [1.54, 1.807) is 6.07 Å². The number of rotatable bonds is 2. The van der Waals surface area contributed by atoms with Gasteiger partial charge in [-0.3, -0.25) is 0 Å². The second-order valence-corrected chi connectivity index (χ2v) is 6.95. The summed E-state index contributed by atoms with van der Waals surface area (Å²) >= 11 is 0. The van der Waals surface area contributed by atoms with Crippen molar-refractivity contribution in [2.75, 3.05) is 18.0 Å². The van der Waals surface area contributed by atoms with Crippen molar-refractivity contribution in [1.82, 2.24) is 0 Å². The van der Waals surface area contributed by atoms with Crippen LogP contribution in [0.1, 0.15) is 50.4 Å². The summed E-state index contributed by atoms with van der Waals surface area (Å²) in [6, 6.07) is 4.42. The summed E-state index contributed by atoms with van der Waals surface area (Å²) in [5, 5.41) is 8.88. The fraction of sp³-hybridized carbons (Fsp3) is 0.588. The Morgan fingerprint density at radius 1 is 1.29 bits per heavy atom. The molecule has 1 aliphatic heterocycles. The van der Waals surface area contributed by atoms with Crippen molar-refractivity contribution in [3.63, 3.8) is 0 Å². The van der Waals surface area contributed by atoms with Gasteiger partial charge < -0.3 is 10.0 Å². The summed E-state index contributed by atoms with van der Waals surface area (Å²) < 4.78 is 13.8. The zero-order valence-corrected chi connectivity index (χ0v) is 13.0. The number of benzene rings is 1. The minimum absolute atomic E-state index is 0.263. The van der Waals surface area contributed by atoms with E-state index in [4.69, 9.17) is 5.11 Å². The Balaban J connectivity index is 2.13. The van der Waals surface area contributed by atoms with E-state index in [-0.39, 0.29) is 5.56 Å². The lowest BCUT2D eigenvalue weighted by molar-refractivity contribution is 0.0692. The number of hydrogen-bond donors (Lipinski definition) is 1. The van der Waals surface area contributed by atoms with Gasteiger partial charge in [-0.25, -0.2) is 9.18 Å². The maximum absolute atomic E-state index is 13.8. The fourth-order valence-corrected chi connectivity index (χ4v) is 3.09. The van der Waals surface area contributed by atoms with Crippen molar-refractivity contribution >= 4 is 11.7 Å². The largest absolute Gasteiger partial charge is 0.478 e. The molecule has 0 aliphatic carbocycles. The molecular weight excluding hydrogens is 269 g/mol. The summed E-state index contributed by atoms with van der Waals surface area (Å²) in [5.41, 5.74) is 0.822. The van der Waals surface area contributed by atoms with Crippen LogP contribution in [0.25, 0.3) is 0 Å². The molecule has 1 N–H and O–H groups in total. The van der Waals surface area contributed by atoms with Crippen LogP contribution in [0.15, 0.2) is 18.2 Å². The Labute approximate surface area is 125 Å². The molecule has 1 aliphatic rings. The summed E-state index contributed by atoms with van der Waals surface area (Å²) in [6.07, 6.45) is 3.37. The van der Waals surface area contributed by atoms with Crippen LogP contribution >= 0.6 is 0 Å². The molecule has 0 spiro atoms. The van der Waals surface area contributed by atoms with Crippen LogP contribution in [0.3, 0.4) is 0 Å². The van der Waals surface area contributed by atoms with Gasteiger partial charge in [-0.15, -0.1) is 0 Å². The molecule has 3 nitrogen and oxygen atoms in total. The van der Waals surface area contributed by atoms with E-state index in [1.165, 1.54) is 18.6 Å². The number of carboxylic acids is 1. The van der Waals surface area contributed by atoms with Crippen LogP contribution in [-0.4, -0.2) is 24.2 Å². The molecule has 1 atom stereocenters. The third-order valence-corrected chi connectivity index (χ3v) is 4.50. The molecule has 1 aromatic carbocycles. The van der Waals surface area contributed by atoms with Gasteiger partial charge in [0.2, 0.25) is 0 Å². The first-order valence-electron chi connectivity index (χ1n) is 7.57. The Morgan fingerprint density at radius 2 is 2.00 bits per heavy atom. The van der Waals surface area contributed by atoms with Crippen molar-refractivity contribution in [2.45, 2.75) is 40.0 Å². The van der Waals surface area contributed by atoms with Crippen molar-refractivity contribution in [2.24, 2.45) is 11.3 Å². The predicted molar refractivity (Wildman–Crippen MR) is 82.4 cm³/mol. The smallest absolute Gasteiger partial charge is 0.338 e. The number of aromatic carboxylic acids is 1. The van der Waals surface area contributed by atoms with E-state index < -0.39 is 11.8 Å². The number of carbonyl (C=O) groups is 1. The molecule has 21 heavy (non-hydrogen) atoms. The van der Waals surface area contributed by atoms with Gasteiger partial charge in [0.1, 0.15) is 5.82 Å². The molecule has 1 aromatic rings. The molecule has 0 aromatic heterocycles. The van der Waals surface area contributed by atoms with Crippen LogP contribution in [0.5, 0.6) is 0 Å². The van der Waals surface area contributed by atoms with Gasteiger partial charge in [0, 0.05) is 18.8 Å². The van der Waals surface area contributed by atoms with E-state index in [1.807, 2.05) is 0 Å². The number of nitrogens with zero attached hydrogens (tertiary/aromatic N) is 1. The van der Waals surface area contributed by atoms with E-state index in [9.17, 15) is 9.18 Å². The maximum atomic E-state index is 13.8. The Bertz CT molecular complexity index is 522. The minimum Gasteiger partial charge on any atom is -0.478 e. The molecule has 0 bridgehead atoms. The molecule has 116 valence electrons. The van der Waals surface area contributed by atoms with E-state index in [0.29, 0.717) is 11.3 Å². The van der Waals surface area contributed by atoms with Gasteiger partial charge >= 0.3 is 5.97 Å². The first-order chi connectivity index (χ1) is 9.79. The second-order valence-electron chi connectivity index (χ2n) is 6.95. The molecule has 1 unspecified atom stereocenters. The second kappa shape index (κ2) is 6.04. The lowest BCUT2D eigenvalue weighted by Crippen LogP contribution is -2.26. The minimum atomic E-state index is -1.22. The zero-order valence-electron chi connectivity index (χ0n) is 13.0. The fourth-order valence-electron chi connectivity index (χ4n) is 3.09. The van der Waals surface area contributed by atoms with Crippen molar-refractivity contribution < 1.29 is 14.3 Å². The molecule has 0 saturated carbocycles. The number of hydrogen-bond acceptors (Lipinski definition) is 2. The molecule has 2 rings (SSSR count). The van der Waals surface area contributed by atoms with E-state index in [2.05, 4.69) is 25.7 Å². The first-order valence-corrected chi connectivity index (χ1v) is 7.57. The Kier molecular flexibility index (Phi) is 4.55. The van der Waals surface area contributed by atoms with Crippen LogP contribution < -0.4 is 4.90 Å². The topological polar surface area (TPSA) is 40.5 Å². The third kappa shape index (κ3) is 3.74. The monoisotopic (exact) mass is 293 g/mol. The standard InChI is InChI=1S/C17H24FNO2/c1-17(2,3)12-5-4-9-19(10-8-12)13-6-7-14(16(20)21)15(18)11-13/h6-7,11-12H,4-5,8-10H2,1-3H3,(H,20,21). The average molecular weight is 293 g/mol. The normalized spacial score (nSPS) is 20.2. The molecule has 0 amide bonds. The third-order valence-electron chi connectivity index (χ3n) is 4.50. The quantitative estimate of drug-likeness (QED) is 0.889. The molecule has 0 radical (unpaired) electrons. The average Bonchev–Trinajstić information content (AvgIpc) is 2.63. The highest BCUT2D eigenvalue weighted by atomic mass is 19.1. The van der Waals surface area contributed by atoms with Crippen LogP contribution in [-0.2, 0) is 0 Å². The van der Waals surface area contributed by atoms with Gasteiger partial charge in [-0.1, -0.05) is 20.8 Å². The van der Waals surface area contributed by atoms with Crippen molar-refractivity contribution in [1.29, 1.82) is 0 Å². The molecule has 1 saturated heterocycles. The first kappa shape index (κ1) is 15.8. The maximum Gasteiger partial charge on any atom is 0.338 e. The van der Waals surface area contributed by atoms with E-state index in [0.717, 1.165) is 31.6 Å². The summed E-state index contributed by atoms with van der Waals surface area (Å²) in [5.74, 6) is -1.20. The van der Waals surface area contributed by atoms with Gasteiger partial charge in [0.05, 0.1) is 5.56 Å². The predicted octanol–water partition coefficient (Wildman–Crippen LogP) is 4.18. The number of anilines is 1. The summed E-state index contributed by atoms with van der Waals surface area (Å²) in [4.78, 5) is 13.0. The number of halogens is 1. The molecule has 1 fully saturated rings. The Hall–Kier alpha value is -1.58. The number of carboxylic acid groups (broad SMARTS) is 1. The highest BCUT2D eigenvalue weighted by Crippen LogP contribution is 2.35. The van der Waals surface area contributed by atoms with Gasteiger partial charge in [-0.2, -0.15) is 0 Å². The lowest BCUT2D eigenvalue weighted by Gasteiger charge is -2.30. The van der Waals surface area contributed by atoms with Crippen LogP contribution in [0.2, 0.25) is 0 Å². The SMILES string of the molecule is CC(C)(C)C1CCCN(c2ccc(C(=O)O)c(F)c2)CC1. The van der Waals surface area contributed by atoms with Crippen molar-refractivity contribution in [3.05, 3.63) is 29.6 Å². The molecule has 1 heterocycles. The zero-order chi connectivity index (χ0) is 15.6.